The van der Waals surface area contributed by atoms with Crippen molar-refractivity contribution in [3.8, 4) is 0 Å². The minimum absolute atomic E-state index is 0.227. The topological polar surface area (TPSA) is 62.2 Å². The number of carboxylic acid groups (broad SMARTS) is 1. The Labute approximate surface area is 170 Å². The van der Waals surface area contributed by atoms with Crippen molar-refractivity contribution in [3.63, 3.8) is 0 Å². The van der Waals surface area contributed by atoms with Crippen LogP contribution in [0.2, 0.25) is 5.02 Å². The van der Waals surface area contributed by atoms with Crippen molar-refractivity contribution >= 4 is 69.3 Å². The quantitative estimate of drug-likeness (QED) is 0.527. The van der Waals surface area contributed by atoms with Gasteiger partial charge >= 0.3 is 171 Å². The van der Waals surface area contributed by atoms with Gasteiger partial charge in [-0.1, -0.05) is 0 Å². The Kier molecular flexibility index (Phi) is 6.25. The number of hydrogen-bond donors (Lipinski definition) is 2. The van der Waals surface area contributed by atoms with Crippen LogP contribution >= 0.6 is 27.5 Å². The number of hydrogen-bond acceptors (Lipinski definition) is 3. The van der Waals surface area contributed by atoms with E-state index in [4.69, 9.17) is 11.6 Å². The molecule has 0 aliphatic rings. The van der Waals surface area contributed by atoms with E-state index in [1.165, 1.54) is 0 Å². The number of nitrogens with zero attached hydrogens (tertiary/aromatic N) is 1. The first-order chi connectivity index (χ1) is 12.5. The van der Waals surface area contributed by atoms with Crippen LogP contribution in [0.25, 0.3) is 0 Å². The molecule has 7 heteroatoms. The van der Waals surface area contributed by atoms with Crippen LogP contribution < -0.4 is 9.67 Å². The van der Waals surface area contributed by atoms with Crippen molar-refractivity contribution < 1.29 is 9.90 Å². The van der Waals surface area contributed by atoms with E-state index in [0.717, 1.165) is 20.1 Å². The Balaban J connectivity index is 1.95. The van der Waals surface area contributed by atoms with E-state index < -0.39 is 5.97 Å². The summed E-state index contributed by atoms with van der Waals surface area (Å²) < 4.78 is 1.97. The average molecular weight is 492 g/mol. The predicted octanol–water partition coefficient (Wildman–Crippen LogP) is 4.12. The zero-order chi connectivity index (χ0) is 18.5. The van der Waals surface area contributed by atoms with Gasteiger partial charge in [0.05, 0.1) is 0 Å². The number of halogens is 2. The van der Waals surface area contributed by atoms with Crippen LogP contribution in [0.4, 0.5) is 11.4 Å². The summed E-state index contributed by atoms with van der Waals surface area (Å²) in [4.78, 5) is 17.7. The molecule has 0 unspecified atom stereocenters. The Morgan fingerprint density at radius 3 is 2.73 bits per heavy atom. The van der Waals surface area contributed by atoms with Crippen LogP contribution in [-0.2, 0) is 0 Å². The summed E-state index contributed by atoms with van der Waals surface area (Å²) in [6, 6.07) is 14.4. The maximum absolute atomic E-state index is 11.4. The maximum atomic E-state index is 11.4. The summed E-state index contributed by atoms with van der Waals surface area (Å²) in [7, 11) is 0. The average Bonchev–Trinajstić information content (AvgIpc) is 2.62. The molecule has 1 heterocycles. The normalized spacial score (nSPS) is 10.8. The third kappa shape index (κ3) is 4.82. The minimum atomic E-state index is -0.969. The summed E-state index contributed by atoms with van der Waals surface area (Å²) in [6.07, 6.45) is 3.54. The number of aromatic nitrogens is 1. The second-order valence-corrected chi connectivity index (χ2v) is 8.78. The van der Waals surface area contributed by atoms with Crippen LogP contribution in [0.3, 0.4) is 0 Å². The number of pyridine rings is 1. The monoisotopic (exact) mass is 490 g/mol. The number of para-hydroxylation sites is 1. The van der Waals surface area contributed by atoms with Gasteiger partial charge in [0.25, 0.3) is 0 Å². The number of carbonyl (C=O) groups is 1. The second kappa shape index (κ2) is 8.63. The summed E-state index contributed by atoms with van der Waals surface area (Å²) in [6.45, 7) is 0. The molecule has 0 atom stereocenters. The Hall–Kier alpha value is -1.94. The number of anilines is 2. The Morgan fingerprint density at radius 1 is 1.15 bits per heavy atom. The van der Waals surface area contributed by atoms with Crippen LogP contribution in [-0.4, -0.2) is 36.2 Å². The number of benzene rings is 2. The Morgan fingerprint density at radius 2 is 1.96 bits per heavy atom. The first kappa shape index (κ1) is 18.8. The number of aromatic carboxylic acids is 1. The molecule has 3 rings (SSSR count). The third-order valence-corrected chi connectivity index (χ3v) is 6.39. The number of rotatable bonds is 5. The van der Waals surface area contributed by atoms with Crippen molar-refractivity contribution in [2.75, 3.05) is 5.32 Å². The van der Waals surface area contributed by atoms with Gasteiger partial charge in [0.1, 0.15) is 0 Å². The van der Waals surface area contributed by atoms with Gasteiger partial charge in [-0.25, -0.2) is 0 Å². The van der Waals surface area contributed by atoms with Gasteiger partial charge in [0.15, 0.2) is 0 Å². The summed E-state index contributed by atoms with van der Waals surface area (Å²) >= 11 is 9.25. The van der Waals surface area contributed by atoms with Gasteiger partial charge < -0.3 is 0 Å². The van der Waals surface area contributed by atoms with E-state index >= 15 is 0 Å². The zero-order valence-electron chi connectivity index (χ0n) is 13.4. The SMILES string of the molecule is O=C(O)c1ccccc1Nc1ccc(Cl)cc1/[As]=C/c1cncc(Br)c1. The Bertz CT molecular complexity index is 995. The van der Waals surface area contributed by atoms with Crippen molar-refractivity contribution in [1.29, 1.82) is 0 Å². The molecular formula is C19H13AsBrClN2O2. The van der Waals surface area contributed by atoms with Gasteiger partial charge in [-0.2, -0.15) is 0 Å². The van der Waals surface area contributed by atoms with Crippen molar-refractivity contribution in [2.24, 2.45) is 0 Å². The van der Waals surface area contributed by atoms with Crippen LogP contribution in [0.15, 0.2) is 65.4 Å². The molecule has 26 heavy (non-hydrogen) atoms. The third-order valence-electron chi connectivity index (χ3n) is 3.47. The second-order valence-electron chi connectivity index (χ2n) is 5.33. The van der Waals surface area contributed by atoms with Gasteiger partial charge in [0.2, 0.25) is 0 Å². The fourth-order valence-electron chi connectivity index (χ4n) is 2.28. The molecule has 4 nitrogen and oxygen atoms in total. The van der Waals surface area contributed by atoms with E-state index in [9.17, 15) is 9.90 Å². The molecule has 0 saturated carbocycles. The van der Waals surface area contributed by atoms with Gasteiger partial charge in [-0.3, -0.25) is 0 Å². The molecule has 3 aromatic rings. The molecule has 0 aliphatic heterocycles. The summed E-state index contributed by atoms with van der Waals surface area (Å²) in [5.41, 5.74) is 2.65. The van der Waals surface area contributed by atoms with Crippen LogP contribution in [0.1, 0.15) is 15.9 Å². The molecule has 0 fully saturated rings. The number of carboxylic acids is 1. The van der Waals surface area contributed by atoms with E-state index in [1.807, 2.05) is 18.2 Å². The molecule has 2 aromatic carbocycles. The standard InChI is InChI=1S/C19H13AsBrClN2O2/c21-13-7-12(10-23-11-13)9-20-16-8-14(22)5-6-18(16)24-17-4-2-1-3-15(17)19(25)26/h1-11,24H,(H,25,26). The molecule has 130 valence electrons. The molecule has 1 aromatic heterocycles. The molecule has 0 saturated heterocycles. The van der Waals surface area contributed by atoms with Crippen LogP contribution in [0, 0.1) is 0 Å². The van der Waals surface area contributed by atoms with E-state index in [2.05, 4.69) is 31.0 Å². The predicted molar refractivity (Wildman–Crippen MR) is 111 cm³/mol. The van der Waals surface area contributed by atoms with Crippen molar-refractivity contribution in [3.05, 3.63) is 81.5 Å². The fraction of sp³-hybridized carbons (Fsp3) is 0. The van der Waals surface area contributed by atoms with Gasteiger partial charge in [-0.05, 0) is 0 Å². The first-order valence-electron chi connectivity index (χ1n) is 7.56. The van der Waals surface area contributed by atoms with Gasteiger partial charge in [0, 0.05) is 0 Å². The fourth-order valence-corrected chi connectivity index (χ4v) is 4.92. The molecule has 0 spiro atoms. The molecule has 0 radical (unpaired) electrons. The van der Waals surface area contributed by atoms with Crippen LogP contribution in [0.5, 0.6) is 0 Å². The molecule has 0 aliphatic carbocycles. The van der Waals surface area contributed by atoms with Crippen molar-refractivity contribution in [2.45, 2.75) is 0 Å². The number of nitrogens with one attached hydrogen (secondary N) is 1. The molecule has 0 amide bonds. The summed E-state index contributed by atoms with van der Waals surface area (Å²) in [5.74, 6) is -0.969. The molecular weight excluding hydrogens is 479 g/mol. The first-order valence-corrected chi connectivity index (χ1v) is 10.8. The molecule has 0 bridgehead atoms. The van der Waals surface area contributed by atoms with E-state index in [0.29, 0.717) is 10.7 Å². The summed E-state index contributed by atoms with van der Waals surface area (Å²) in [5, 5.41) is 13.2. The van der Waals surface area contributed by atoms with Gasteiger partial charge in [-0.15, -0.1) is 0 Å². The zero-order valence-corrected chi connectivity index (χ0v) is 17.6. The van der Waals surface area contributed by atoms with E-state index in [-0.39, 0.29) is 20.9 Å². The van der Waals surface area contributed by atoms with E-state index in [1.54, 1.807) is 42.7 Å². The molecule has 2 N–H and O–H groups in total. The van der Waals surface area contributed by atoms with Crippen molar-refractivity contribution in [1.82, 2.24) is 4.98 Å².